The van der Waals surface area contributed by atoms with Gasteiger partial charge in [-0.05, 0) is 30.9 Å². The molecule has 0 aliphatic rings. The third-order valence-corrected chi connectivity index (χ3v) is 5.41. The number of thioether (sulfide) groups is 1. The van der Waals surface area contributed by atoms with Crippen LogP contribution in [-0.2, 0) is 10.0 Å². The van der Waals surface area contributed by atoms with Crippen molar-refractivity contribution in [3.8, 4) is 5.75 Å². The van der Waals surface area contributed by atoms with Crippen LogP contribution in [0.3, 0.4) is 0 Å². The van der Waals surface area contributed by atoms with Crippen LogP contribution < -0.4 is 0 Å². The molecule has 2 N–H and O–H groups in total. The molecule has 0 atom stereocenters. The summed E-state index contributed by atoms with van der Waals surface area (Å²) in [5.41, 5.74) is -0.115. The third kappa shape index (κ3) is 3.44. The monoisotopic (exact) mass is 319 g/mol. The number of hydrogen-bond acceptors (Lipinski definition) is 5. The number of aromatic hydroxyl groups is 1. The lowest BCUT2D eigenvalue weighted by Gasteiger charge is -2.18. The minimum absolute atomic E-state index is 0.101. The summed E-state index contributed by atoms with van der Waals surface area (Å²) < 4.78 is 25.9. The molecule has 0 spiro atoms. The Hall–Kier alpha value is -1.25. The highest BCUT2D eigenvalue weighted by Gasteiger charge is 2.25. The van der Waals surface area contributed by atoms with Gasteiger partial charge in [-0.1, -0.05) is 0 Å². The summed E-state index contributed by atoms with van der Waals surface area (Å²) in [6, 6.07) is 2.15. The van der Waals surface area contributed by atoms with Crippen LogP contribution in [0, 0.1) is 6.92 Å². The fourth-order valence-corrected chi connectivity index (χ4v) is 3.60. The summed E-state index contributed by atoms with van der Waals surface area (Å²) in [5.74, 6) is -1.18. The average Bonchev–Trinajstić information content (AvgIpc) is 2.34. The smallest absolute Gasteiger partial charge is 0.339 e. The molecule has 0 aliphatic heterocycles. The third-order valence-electron chi connectivity index (χ3n) is 2.82. The van der Waals surface area contributed by atoms with Gasteiger partial charge in [0.05, 0.1) is 4.90 Å². The van der Waals surface area contributed by atoms with Crippen LogP contribution in [0.1, 0.15) is 15.9 Å². The molecule has 20 heavy (non-hydrogen) atoms. The maximum Gasteiger partial charge on any atom is 0.339 e. The number of hydrogen-bond donors (Lipinski definition) is 2. The molecule has 0 unspecified atom stereocenters. The highest BCUT2D eigenvalue weighted by Crippen LogP contribution is 2.27. The SMILES string of the molecule is CSCCN(C)S(=O)(=O)c1cc(C(=O)O)c(O)cc1C. The minimum atomic E-state index is -3.77. The highest BCUT2D eigenvalue weighted by atomic mass is 32.2. The number of aryl methyl sites for hydroxylation is 1. The second-order valence-corrected chi connectivity index (χ2v) is 7.26. The van der Waals surface area contributed by atoms with E-state index in [1.54, 1.807) is 0 Å². The van der Waals surface area contributed by atoms with Crippen LogP contribution in [0.2, 0.25) is 0 Å². The largest absolute Gasteiger partial charge is 0.507 e. The summed E-state index contributed by atoms with van der Waals surface area (Å²) in [5, 5.41) is 18.5. The first kappa shape index (κ1) is 16.8. The van der Waals surface area contributed by atoms with Crippen molar-refractivity contribution in [3.05, 3.63) is 23.3 Å². The van der Waals surface area contributed by atoms with Crippen LogP contribution in [-0.4, -0.2) is 54.5 Å². The van der Waals surface area contributed by atoms with Crippen molar-refractivity contribution in [2.75, 3.05) is 25.6 Å². The van der Waals surface area contributed by atoms with Crippen LogP contribution in [0.4, 0.5) is 0 Å². The molecule has 1 aromatic carbocycles. The van der Waals surface area contributed by atoms with Crippen LogP contribution in [0.15, 0.2) is 17.0 Å². The van der Waals surface area contributed by atoms with Crippen molar-refractivity contribution >= 4 is 27.8 Å². The van der Waals surface area contributed by atoms with Gasteiger partial charge >= 0.3 is 5.97 Å². The first-order valence-corrected chi connectivity index (χ1v) is 8.57. The van der Waals surface area contributed by atoms with Crippen LogP contribution in [0.25, 0.3) is 0 Å². The van der Waals surface area contributed by atoms with E-state index in [4.69, 9.17) is 5.11 Å². The van der Waals surface area contributed by atoms with Gasteiger partial charge in [-0.25, -0.2) is 17.5 Å². The zero-order valence-electron chi connectivity index (χ0n) is 11.5. The first-order valence-electron chi connectivity index (χ1n) is 5.74. The summed E-state index contributed by atoms with van der Waals surface area (Å²) in [4.78, 5) is 10.9. The molecule has 0 bridgehead atoms. The van der Waals surface area contributed by atoms with Gasteiger partial charge in [-0.3, -0.25) is 0 Å². The number of carbonyl (C=O) groups is 1. The summed E-state index contributed by atoms with van der Waals surface area (Å²) >= 11 is 1.52. The molecule has 0 amide bonds. The van der Waals surface area contributed by atoms with Gasteiger partial charge in [0.2, 0.25) is 10.0 Å². The van der Waals surface area contributed by atoms with Crippen molar-refractivity contribution in [3.63, 3.8) is 0 Å². The van der Waals surface area contributed by atoms with E-state index >= 15 is 0 Å². The maximum absolute atomic E-state index is 12.4. The van der Waals surface area contributed by atoms with Crippen LogP contribution >= 0.6 is 11.8 Å². The Morgan fingerprint density at radius 1 is 1.40 bits per heavy atom. The summed E-state index contributed by atoms with van der Waals surface area (Å²) in [6.07, 6.45) is 1.87. The number of sulfonamides is 1. The fourth-order valence-electron chi connectivity index (χ4n) is 1.63. The molecule has 6 nitrogen and oxygen atoms in total. The molecule has 0 aromatic heterocycles. The van der Waals surface area contributed by atoms with E-state index in [2.05, 4.69) is 0 Å². The zero-order chi connectivity index (χ0) is 15.5. The Bertz CT molecular complexity index is 613. The Labute approximate surface area is 122 Å². The molecular formula is C12H17NO5S2. The number of aromatic carboxylic acids is 1. The molecule has 0 heterocycles. The number of carboxylic acids is 1. The van der Waals surface area contributed by atoms with Gasteiger partial charge in [-0.15, -0.1) is 0 Å². The van der Waals surface area contributed by atoms with Gasteiger partial charge in [0.15, 0.2) is 0 Å². The second kappa shape index (κ2) is 6.47. The van der Waals surface area contributed by atoms with Crippen molar-refractivity contribution in [2.45, 2.75) is 11.8 Å². The topological polar surface area (TPSA) is 94.9 Å². The average molecular weight is 319 g/mol. The Kier molecular flexibility index (Phi) is 5.43. The quantitative estimate of drug-likeness (QED) is 0.822. The standard InChI is InChI=1S/C12H17NO5S2/c1-8-6-10(14)9(12(15)16)7-11(8)20(17,18)13(2)4-5-19-3/h6-7,14H,4-5H2,1-3H3,(H,15,16). The van der Waals surface area contributed by atoms with Gasteiger partial charge in [0, 0.05) is 19.3 Å². The van der Waals surface area contributed by atoms with Gasteiger partial charge in [0.25, 0.3) is 0 Å². The number of carboxylic acid groups (broad SMARTS) is 1. The zero-order valence-corrected chi connectivity index (χ0v) is 13.1. The van der Waals surface area contributed by atoms with E-state index in [-0.39, 0.29) is 4.90 Å². The lowest BCUT2D eigenvalue weighted by atomic mass is 10.1. The lowest BCUT2D eigenvalue weighted by Crippen LogP contribution is -2.29. The first-order chi connectivity index (χ1) is 9.21. The molecule has 0 saturated heterocycles. The molecule has 1 aromatic rings. The molecule has 8 heteroatoms. The van der Waals surface area contributed by atoms with Crippen molar-refractivity contribution in [1.29, 1.82) is 0 Å². The summed E-state index contributed by atoms with van der Waals surface area (Å²) in [7, 11) is -2.33. The molecule has 1 rings (SSSR count). The lowest BCUT2D eigenvalue weighted by molar-refractivity contribution is 0.0693. The van der Waals surface area contributed by atoms with Gasteiger partial charge < -0.3 is 10.2 Å². The van der Waals surface area contributed by atoms with Crippen molar-refractivity contribution in [2.24, 2.45) is 0 Å². The Morgan fingerprint density at radius 3 is 2.50 bits per heavy atom. The van der Waals surface area contributed by atoms with E-state index < -0.39 is 27.3 Å². The number of nitrogens with zero attached hydrogens (tertiary/aromatic N) is 1. The predicted octanol–water partition coefficient (Wildman–Crippen LogP) is 1.38. The van der Waals surface area contributed by atoms with E-state index in [1.807, 2.05) is 6.26 Å². The number of benzene rings is 1. The molecule has 0 saturated carbocycles. The predicted molar refractivity (Wildman–Crippen MR) is 78.0 cm³/mol. The van der Waals surface area contributed by atoms with Crippen molar-refractivity contribution < 1.29 is 23.4 Å². The summed E-state index contributed by atoms with van der Waals surface area (Å²) in [6.45, 7) is 1.84. The number of phenols is 1. The van der Waals surface area contributed by atoms with Gasteiger partial charge in [-0.2, -0.15) is 11.8 Å². The van der Waals surface area contributed by atoms with E-state index in [9.17, 15) is 18.3 Å². The van der Waals surface area contributed by atoms with Gasteiger partial charge in [0.1, 0.15) is 11.3 Å². The Morgan fingerprint density at radius 2 is 2.00 bits per heavy atom. The molecule has 0 aliphatic carbocycles. The fraction of sp³-hybridized carbons (Fsp3) is 0.417. The molecule has 0 radical (unpaired) electrons. The molecular weight excluding hydrogens is 302 g/mol. The van der Waals surface area contributed by atoms with Crippen molar-refractivity contribution in [1.82, 2.24) is 4.31 Å². The number of rotatable bonds is 6. The minimum Gasteiger partial charge on any atom is -0.507 e. The molecule has 112 valence electrons. The molecule has 0 fully saturated rings. The highest BCUT2D eigenvalue weighted by molar-refractivity contribution is 7.98. The Balaban J connectivity index is 3.31. The normalized spacial score (nSPS) is 11.8. The van der Waals surface area contributed by atoms with E-state index in [0.29, 0.717) is 17.9 Å². The van der Waals surface area contributed by atoms with E-state index in [0.717, 1.165) is 12.1 Å². The van der Waals surface area contributed by atoms with E-state index in [1.165, 1.54) is 30.0 Å². The van der Waals surface area contributed by atoms with Crippen LogP contribution in [0.5, 0.6) is 5.75 Å². The second-order valence-electron chi connectivity index (χ2n) is 4.26. The maximum atomic E-state index is 12.4.